The van der Waals surface area contributed by atoms with Crippen LogP contribution in [0.4, 0.5) is 17.6 Å². The molecular formula is C13H18F4N2. The van der Waals surface area contributed by atoms with E-state index in [9.17, 15) is 17.6 Å². The Morgan fingerprint density at radius 2 is 1.95 bits per heavy atom. The molecule has 1 rings (SSSR count). The molecule has 0 aromatic heterocycles. The number of likely N-dealkylation sites (N-methyl/N-ethyl adjacent to an activating group) is 2. The van der Waals surface area contributed by atoms with Crippen LogP contribution in [-0.2, 0) is 12.7 Å². The number of hydrogen-bond acceptors (Lipinski definition) is 2. The van der Waals surface area contributed by atoms with E-state index < -0.39 is 17.6 Å². The quantitative estimate of drug-likeness (QED) is 0.636. The first-order valence-electron chi connectivity index (χ1n) is 6.09. The number of rotatable bonds is 6. The fourth-order valence-corrected chi connectivity index (χ4v) is 1.69. The maximum absolute atomic E-state index is 13.5. The number of nitrogens with zero attached hydrogens (tertiary/aromatic N) is 1. The lowest BCUT2D eigenvalue weighted by Gasteiger charge is -2.18. The molecule has 1 N–H and O–H groups in total. The molecule has 0 unspecified atom stereocenters. The molecule has 19 heavy (non-hydrogen) atoms. The predicted octanol–water partition coefficient (Wildman–Crippen LogP) is 2.89. The summed E-state index contributed by atoms with van der Waals surface area (Å²) in [5, 5.41) is 3.10. The summed E-state index contributed by atoms with van der Waals surface area (Å²) >= 11 is 0. The second-order valence-corrected chi connectivity index (χ2v) is 4.40. The van der Waals surface area contributed by atoms with Crippen molar-refractivity contribution in [1.29, 1.82) is 0 Å². The Morgan fingerprint density at radius 3 is 2.53 bits per heavy atom. The summed E-state index contributed by atoms with van der Waals surface area (Å²) in [7, 11) is 1.75. The zero-order chi connectivity index (χ0) is 14.5. The van der Waals surface area contributed by atoms with Crippen molar-refractivity contribution in [2.24, 2.45) is 0 Å². The number of nitrogens with one attached hydrogen (secondary N) is 1. The molecule has 6 heteroatoms. The summed E-state index contributed by atoms with van der Waals surface area (Å²) in [6.45, 7) is 4.30. The Balaban J connectivity index is 2.71. The van der Waals surface area contributed by atoms with Gasteiger partial charge in [0.05, 0.1) is 5.56 Å². The van der Waals surface area contributed by atoms with Gasteiger partial charge >= 0.3 is 6.18 Å². The van der Waals surface area contributed by atoms with Gasteiger partial charge in [0, 0.05) is 25.2 Å². The smallest absolute Gasteiger partial charge is 0.316 e. The van der Waals surface area contributed by atoms with E-state index in [1.807, 2.05) is 6.92 Å². The Morgan fingerprint density at radius 1 is 1.26 bits per heavy atom. The minimum absolute atomic E-state index is 0.0637. The van der Waals surface area contributed by atoms with Crippen molar-refractivity contribution in [3.63, 3.8) is 0 Å². The molecule has 0 radical (unpaired) electrons. The van der Waals surface area contributed by atoms with E-state index in [2.05, 4.69) is 5.32 Å². The van der Waals surface area contributed by atoms with Gasteiger partial charge in [-0.1, -0.05) is 6.92 Å². The highest BCUT2D eigenvalue weighted by Gasteiger charge is 2.31. The fraction of sp³-hybridized carbons (Fsp3) is 0.538. The van der Waals surface area contributed by atoms with E-state index in [1.54, 1.807) is 11.9 Å². The minimum Gasteiger partial charge on any atom is -0.316 e. The molecule has 0 bridgehead atoms. The van der Waals surface area contributed by atoms with E-state index in [0.717, 1.165) is 24.7 Å². The van der Waals surface area contributed by atoms with Crippen molar-refractivity contribution < 1.29 is 17.6 Å². The second-order valence-electron chi connectivity index (χ2n) is 4.40. The maximum Gasteiger partial charge on any atom is 0.416 e. The van der Waals surface area contributed by atoms with E-state index in [0.29, 0.717) is 13.1 Å². The lowest BCUT2D eigenvalue weighted by Crippen LogP contribution is -2.29. The normalized spacial score (nSPS) is 12.2. The maximum atomic E-state index is 13.5. The summed E-state index contributed by atoms with van der Waals surface area (Å²) in [5.41, 5.74) is -0.752. The largest absolute Gasteiger partial charge is 0.416 e. The third kappa shape index (κ3) is 5.16. The number of halogens is 4. The average molecular weight is 278 g/mol. The Labute approximate surface area is 110 Å². The van der Waals surface area contributed by atoms with Crippen molar-refractivity contribution in [2.45, 2.75) is 19.6 Å². The van der Waals surface area contributed by atoms with Crippen LogP contribution in [0, 0.1) is 5.82 Å². The highest BCUT2D eigenvalue weighted by atomic mass is 19.4. The lowest BCUT2D eigenvalue weighted by atomic mass is 10.1. The molecule has 0 aliphatic carbocycles. The fourth-order valence-electron chi connectivity index (χ4n) is 1.69. The molecule has 1 aromatic rings. The highest BCUT2D eigenvalue weighted by molar-refractivity contribution is 5.27. The summed E-state index contributed by atoms with van der Waals surface area (Å²) in [4.78, 5) is 1.78. The Hall–Kier alpha value is -1.14. The van der Waals surface area contributed by atoms with E-state index in [1.165, 1.54) is 0 Å². The topological polar surface area (TPSA) is 15.3 Å². The van der Waals surface area contributed by atoms with Crippen LogP contribution in [0.1, 0.15) is 18.1 Å². The third-order valence-electron chi connectivity index (χ3n) is 2.73. The molecule has 0 saturated carbocycles. The standard InChI is InChI=1S/C13H18F4N2/c1-3-18-6-7-19(2)9-10-8-11(13(15,16)17)4-5-12(10)14/h4-5,8,18H,3,6-7,9H2,1-2H3. The number of alkyl halides is 3. The monoisotopic (exact) mass is 278 g/mol. The van der Waals surface area contributed by atoms with Crippen molar-refractivity contribution in [3.8, 4) is 0 Å². The molecule has 2 nitrogen and oxygen atoms in total. The average Bonchev–Trinajstić information content (AvgIpc) is 2.31. The molecule has 0 aliphatic heterocycles. The minimum atomic E-state index is -4.44. The molecule has 0 spiro atoms. The second kappa shape index (κ2) is 6.86. The number of benzene rings is 1. The predicted molar refractivity (Wildman–Crippen MR) is 66.3 cm³/mol. The van der Waals surface area contributed by atoms with E-state index in [-0.39, 0.29) is 12.1 Å². The van der Waals surface area contributed by atoms with Crippen molar-refractivity contribution in [3.05, 3.63) is 35.1 Å². The molecule has 0 amide bonds. The molecule has 0 atom stereocenters. The first kappa shape index (κ1) is 15.9. The van der Waals surface area contributed by atoms with Crippen LogP contribution in [0.2, 0.25) is 0 Å². The van der Waals surface area contributed by atoms with Gasteiger partial charge < -0.3 is 10.2 Å². The van der Waals surface area contributed by atoms with Crippen LogP contribution in [0.3, 0.4) is 0 Å². The summed E-state index contributed by atoms with van der Waals surface area (Å²) < 4.78 is 51.1. The molecule has 0 saturated heterocycles. The third-order valence-corrected chi connectivity index (χ3v) is 2.73. The molecular weight excluding hydrogens is 260 g/mol. The van der Waals surface area contributed by atoms with Crippen LogP contribution in [0.15, 0.2) is 18.2 Å². The summed E-state index contributed by atoms with van der Waals surface area (Å²) in [6, 6.07) is 2.51. The van der Waals surface area contributed by atoms with Crippen molar-refractivity contribution in [1.82, 2.24) is 10.2 Å². The van der Waals surface area contributed by atoms with Gasteiger partial charge in [-0.25, -0.2) is 4.39 Å². The van der Waals surface area contributed by atoms with Crippen LogP contribution < -0.4 is 5.32 Å². The molecule has 1 aromatic carbocycles. The van der Waals surface area contributed by atoms with Crippen molar-refractivity contribution >= 4 is 0 Å². The molecule has 0 heterocycles. The highest BCUT2D eigenvalue weighted by Crippen LogP contribution is 2.30. The van der Waals surface area contributed by atoms with Crippen LogP contribution in [0.25, 0.3) is 0 Å². The van der Waals surface area contributed by atoms with Gasteiger partial charge in [0.1, 0.15) is 5.82 Å². The summed E-state index contributed by atoms with van der Waals surface area (Å²) in [6.07, 6.45) is -4.44. The molecule has 0 fully saturated rings. The zero-order valence-electron chi connectivity index (χ0n) is 11.0. The Bertz CT molecular complexity index is 404. The first-order chi connectivity index (χ1) is 8.84. The Kier molecular flexibility index (Phi) is 5.75. The SMILES string of the molecule is CCNCCN(C)Cc1cc(C(F)(F)F)ccc1F. The van der Waals surface area contributed by atoms with Gasteiger partial charge in [-0.2, -0.15) is 13.2 Å². The van der Waals surface area contributed by atoms with Crippen LogP contribution >= 0.6 is 0 Å². The lowest BCUT2D eigenvalue weighted by molar-refractivity contribution is -0.137. The van der Waals surface area contributed by atoms with Gasteiger partial charge in [-0.3, -0.25) is 0 Å². The van der Waals surface area contributed by atoms with Crippen LogP contribution in [-0.4, -0.2) is 31.6 Å². The molecule has 0 aliphatic rings. The zero-order valence-corrected chi connectivity index (χ0v) is 11.0. The number of hydrogen-bond donors (Lipinski definition) is 1. The van der Waals surface area contributed by atoms with E-state index in [4.69, 9.17) is 0 Å². The van der Waals surface area contributed by atoms with Gasteiger partial charge in [-0.05, 0) is 31.8 Å². The van der Waals surface area contributed by atoms with Gasteiger partial charge in [-0.15, -0.1) is 0 Å². The van der Waals surface area contributed by atoms with Gasteiger partial charge in [0.25, 0.3) is 0 Å². The van der Waals surface area contributed by atoms with Crippen molar-refractivity contribution in [2.75, 3.05) is 26.7 Å². The van der Waals surface area contributed by atoms with Crippen LogP contribution in [0.5, 0.6) is 0 Å². The summed E-state index contributed by atoms with van der Waals surface area (Å²) in [5.74, 6) is -0.608. The van der Waals surface area contributed by atoms with Gasteiger partial charge in [0.2, 0.25) is 0 Å². The van der Waals surface area contributed by atoms with Gasteiger partial charge in [0.15, 0.2) is 0 Å². The molecule has 108 valence electrons. The van der Waals surface area contributed by atoms with E-state index >= 15 is 0 Å². The first-order valence-corrected chi connectivity index (χ1v) is 6.09.